The van der Waals surface area contributed by atoms with Gasteiger partial charge in [0.2, 0.25) is 5.91 Å². The largest absolute Gasteiger partial charge is 0.479 e. The second kappa shape index (κ2) is 6.12. The van der Waals surface area contributed by atoms with E-state index in [4.69, 9.17) is 0 Å². The molecule has 3 rings (SSSR count). The summed E-state index contributed by atoms with van der Waals surface area (Å²) in [7, 11) is 0. The standard InChI is InChI=1S/C17H16FNO3S/c1-9-6-10(2-3-14(9)18)15(17(21)22)19-16(20)13-7-12(13)11-4-5-23-8-11/h2-6,8,12-13,15H,7H2,1H3,(H,19,20)(H,21,22)/t12-,13+,15?/m0/s1. The monoisotopic (exact) mass is 333 g/mol. The number of carbonyl (C=O) groups excluding carboxylic acids is 1. The molecule has 1 aliphatic carbocycles. The number of nitrogens with one attached hydrogen (secondary N) is 1. The molecule has 2 N–H and O–H groups in total. The van der Waals surface area contributed by atoms with Crippen molar-refractivity contribution < 1.29 is 19.1 Å². The highest BCUT2D eigenvalue weighted by molar-refractivity contribution is 7.08. The molecule has 1 unspecified atom stereocenters. The third kappa shape index (κ3) is 3.27. The van der Waals surface area contributed by atoms with Gasteiger partial charge in [-0.15, -0.1) is 0 Å². The summed E-state index contributed by atoms with van der Waals surface area (Å²) in [6.45, 7) is 1.56. The molecule has 0 radical (unpaired) electrons. The predicted octanol–water partition coefficient (Wildman–Crippen LogP) is 3.24. The molecule has 23 heavy (non-hydrogen) atoms. The van der Waals surface area contributed by atoms with Crippen LogP contribution in [0.1, 0.15) is 35.1 Å². The topological polar surface area (TPSA) is 66.4 Å². The summed E-state index contributed by atoms with van der Waals surface area (Å²) in [5.74, 6) is -1.84. The van der Waals surface area contributed by atoms with Gasteiger partial charge in [0.15, 0.2) is 6.04 Å². The van der Waals surface area contributed by atoms with Crippen molar-refractivity contribution in [2.45, 2.75) is 25.3 Å². The fourth-order valence-electron chi connectivity index (χ4n) is 2.72. The number of benzene rings is 1. The Balaban J connectivity index is 1.72. The lowest BCUT2D eigenvalue weighted by Gasteiger charge is -2.15. The van der Waals surface area contributed by atoms with Crippen LogP contribution in [0.4, 0.5) is 4.39 Å². The number of amides is 1. The van der Waals surface area contributed by atoms with Gasteiger partial charge >= 0.3 is 5.97 Å². The fraction of sp³-hybridized carbons (Fsp3) is 0.294. The van der Waals surface area contributed by atoms with E-state index in [0.717, 1.165) is 12.0 Å². The number of carboxylic acid groups (broad SMARTS) is 1. The van der Waals surface area contributed by atoms with Gasteiger partial charge in [-0.25, -0.2) is 9.18 Å². The number of rotatable bonds is 5. The van der Waals surface area contributed by atoms with Gasteiger partial charge in [0, 0.05) is 5.92 Å². The smallest absolute Gasteiger partial charge is 0.330 e. The summed E-state index contributed by atoms with van der Waals surface area (Å²) in [5.41, 5.74) is 1.85. The lowest BCUT2D eigenvalue weighted by molar-refractivity contribution is -0.142. The highest BCUT2D eigenvalue weighted by Crippen LogP contribution is 2.48. The number of hydrogen-bond acceptors (Lipinski definition) is 3. The number of carboxylic acids is 1. The van der Waals surface area contributed by atoms with E-state index >= 15 is 0 Å². The molecular formula is C17H16FNO3S. The number of halogens is 1. The normalized spacial score (nSPS) is 20.8. The van der Waals surface area contributed by atoms with E-state index in [1.807, 2.05) is 16.8 Å². The maximum Gasteiger partial charge on any atom is 0.330 e. The van der Waals surface area contributed by atoms with Crippen LogP contribution in [-0.4, -0.2) is 17.0 Å². The quantitative estimate of drug-likeness (QED) is 0.883. The summed E-state index contributed by atoms with van der Waals surface area (Å²) < 4.78 is 13.3. The van der Waals surface area contributed by atoms with Gasteiger partial charge in [-0.05, 0) is 58.8 Å². The van der Waals surface area contributed by atoms with Crippen LogP contribution in [0.2, 0.25) is 0 Å². The maximum absolute atomic E-state index is 13.3. The summed E-state index contributed by atoms with van der Waals surface area (Å²) in [4.78, 5) is 23.8. The molecule has 120 valence electrons. The molecule has 3 atom stereocenters. The Labute approximate surface area is 137 Å². The third-order valence-electron chi connectivity index (χ3n) is 4.15. The van der Waals surface area contributed by atoms with Gasteiger partial charge in [-0.1, -0.05) is 12.1 Å². The predicted molar refractivity (Wildman–Crippen MR) is 84.8 cm³/mol. The molecule has 1 aromatic heterocycles. The molecule has 0 aliphatic heterocycles. The average molecular weight is 333 g/mol. The molecule has 1 aromatic carbocycles. The highest BCUT2D eigenvalue weighted by Gasteiger charge is 2.45. The number of aryl methyl sites for hydroxylation is 1. The summed E-state index contributed by atoms with van der Waals surface area (Å²) in [6, 6.07) is 4.89. The Morgan fingerprint density at radius 1 is 1.39 bits per heavy atom. The van der Waals surface area contributed by atoms with E-state index < -0.39 is 17.8 Å². The lowest BCUT2D eigenvalue weighted by atomic mass is 10.0. The van der Waals surface area contributed by atoms with E-state index in [-0.39, 0.29) is 17.7 Å². The minimum Gasteiger partial charge on any atom is -0.479 e. The van der Waals surface area contributed by atoms with Crippen LogP contribution >= 0.6 is 11.3 Å². The van der Waals surface area contributed by atoms with Gasteiger partial charge in [0.05, 0.1) is 0 Å². The van der Waals surface area contributed by atoms with Gasteiger partial charge < -0.3 is 10.4 Å². The van der Waals surface area contributed by atoms with Crippen molar-refractivity contribution in [3.05, 3.63) is 57.5 Å². The number of hydrogen-bond donors (Lipinski definition) is 2. The fourth-order valence-corrected chi connectivity index (χ4v) is 3.45. The zero-order valence-electron chi connectivity index (χ0n) is 12.5. The molecule has 4 nitrogen and oxygen atoms in total. The SMILES string of the molecule is Cc1cc(C(NC(=O)[C@@H]2C[C@H]2c2ccsc2)C(=O)O)ccc1F. The molecule has 0 saturated heterocycles. The number of carbonyl (C=O) groups is 2. The zero-order valence-corrected chi connectivity index (χ0v) is 13.3. The van der Waals surface area contributed by atoms with E-state index in [2.05, 4.69) is 5.32 Å². The van der Waals surface area contributed by atoms with Crippen molar-refractivity contribution in [3.63, 3.8) is 0 Å². The van der Waals surface area contributed by atoms with Crippen LogP contribution in [0, 0.1) is 18.7 Å². The van der Waals surface area contributed by atoms with Crippen LogP contribution < -0.4 is 5.32 Å². The van der Waals surface area contributed by atoms with Gasteiger partial charge in [-0.2, -0.15) is 11.3 Å². The first-order chi connectivity index (χ1) is 11.0. The molecule has 1 aliphatic rings. The molecule has 1 saturated carbocycles. The van der Waals surface area contributed by atoms with Gasteiger partial charge in [0.25, 0.3) is 0 Å². The average Bonchev–Trinajstić information content (AvgIpc) is 3.13. The van der Waals surface area contributed by atoms with Crippen LogP contribution in [0.15, 0.2) is 35.0 Å². The Bertz CT molecular complexity index is 744. The van der Waals surface area contributed by atoms with E-state index in [9.17, 15) is 19.1 Å². The van der Waals surface area contributed by atoms with Crippen molar-refractivity contribution in [2.75, 3.05) is 0 Å². The Morgan fingerprint density at radius 2 is 2.17 bits per heavy atom. The van der Waals surface area contributed by atoms with Gasteiger partial charge in [-0.3, -0.25) is 4.79 Å². The first-order valence-electron chi connectivity index (χ1n) is 7.28. The van der Waals surface area contributed by atoms with Crippen LogP contribution in [0.25, 0.3) is 0 Å². The Kier molecular flexibility index (Phi) is 4.17. The Morgan fingerprint density at radius 3 is 2.78 bits per heavy atom. The molecule has 2 aromatic rings. The van der Waals surface area contributed by atoms with Crippen molar-refractivity contribution >= 4 is 23.2 Å². The minimum atomic E-state index is -1.16. The van der Waals surface area contributed by atoms with Gasteiger partial charge in [0.1, 0.15) is 5.82 Å². The lowest BCUT2D eigenvalue weighted by Crippen LogP contribution is -2.35. The number of aliphatic carboxylic acids is 1. The summed E-state index contributed by atoms with van der Waals surface area (Å²) in [5, 5.41) is 15.9. The molecule has 1 heterocycles. The van der Waals surface area contributed by atoms with E-state index in [0.29, 0.717) is 11.1 Å². The summed E-state index contributed by atoms with van der Waals surface area (Å²) >= 11 is 1.58. The van der Waals surface area contributed by atoms with Crippen molar-refractivity contribution in [2.24, 2.45) is 5.92 Å². The number of thiophene rings is 1. The minimum absolute atomic E-state index is 0.172. The molecule has 0 bridgehead atoms. The van der Waals surface area contributed by atoms with Crippen LogP contribution in [0.5, 0.6) is 0 Å². The Hall–Kier alpha value is -2.21. The van der Waals surface area contributed by atoms with Crippen LogP contribution in [0.3, 0.4) is 0 Å². The first kappa shape index (κ1) is 15.7. The first-order valence-corrected chi connectivity index (χ1v) is 8.23. The third-order valence-corrected chi connectivity index (χ3v) is 4.85. The van der Waals surface area contributed by atoms with Crippen molar-refractivity contribution in [1.29, 1.82) is 0 Å². The maximum atomic E-state index is 13.3. The zero-order chi connectivity index (χ0) is 16.6. The van der Waals surface area contributed by atoms with Crippen molar-refractivity contribution in [3.8, 4) is 0 Å². The molecule has 1 amide bonds. The van der Waals surface area contributed by atoms with E-state index in [1.165, 1.54) is 18.2 Å². The second-order valence-corrected chi connectivity index (χ2v) is 6.57. The highest BCUT2D eigenvalue weighted by atomic mass is 32.1. The molecular weight excluding hydrogens is 317 g/mol. The molecule has 0 spiro atoms. The molecule has 1 fully saturated rings. The second-order valence-electron chi connectivity index (χ2n) is 5.79. The molecule has 6 heteroatoms. The summed E-state index contributed by atoms with van der Waals surface area (Å²) in [6.07, 6.45) is 0.733. The van der Waals surface area contributed by atoms with Crippen LogP contribution in [-0.2, 0) is 9.59 Å². The van der Waals surface area contributed by atoms with Crippen molar-refractivity contribution in [1.82, 2.24) is 5.32 Å². The van der Waals surface area contributed by atoms with E-state index in [1.54, 1.807) is 18.3 Å².